The fraction of sp³-hybridized carbons (Fsp3) is 0.750. The van der Waals surface area contributed by atoms with Gasteiger partial charge in [-0.05, 0) is 0 Å². The Kier molecular flexibility index (Phi) is 8.06. The number of aliphatic carboxylic acids is 1. The Hall–Kier alpha value is -0.700. The largest absolute Gasteiger partial charge is 0.481 e. The zero-order valence-corrected chi connectivity index (χ0v) is 7.21. The number of carboxylic acids is 1. The molecule has 0 saturated carbocycles. The molecule has 0 atom stereocenters. The quantitative estimate of drug-likeness (QED) is 0.292. The van der Waals surface area contributed by atoms with Crippen LogP contribution in [-0.2, 0) is 15.2 Å². The first-order chi connectivity index (χ1) is 5.23. The van der Waals surface area contributed by atoms with Gasteiger partial charge in [0.15, 0.2) is 0 Å². The van der Waals surface area contributed by atoms with Gasteiger partial charge < -0.3 is 10.4 Å². The molecule has 0 aromatic carbocycles. The van der Waals surface area contributed by atoms with E-state index in [4.69, 9.17) is 27.4 Å². The predicted octanol–water partition coefficient (Wildman–Crippen LogP) is -0.972. The Labute approximate surface area is 70.0 Å². The van der Waals surface area contributed by atoms with Crippen LogP contribution in [-0.4, -0.2) is 41.7 Å². The average molecular weight is 201 g/mol. The molecule has 0 aromatic rings. The zero-order valence-electron chi connectivity index (χ0n) is 6.39. The van der Waals surface area contributed by atoms with E-state index < -0.39 is 16.4 Å². The maximum absolute atomic E-state index is 9.00. The molecule has 0 aliphatic carbocycles. The Morgan fingerprint density at radius 1 is 1.33 bits per heavy atom. The normalized spacial score (nSPS) is 12.9. The maximum atomic E-state index is 9.00. The standard InChI is InChI=1S/C2H5N.C2H4O2.H2O4S/c1-2-3-1;1-2(3)4;1-5(2,3)4/h3H,1-2H2;1H3,(H,3,4);(H2,1,2,3,4). The van der Waals surface area contributed by atoms with Crippen molar-refractivity contribution in [3.05, 3.63) is 0 Å². The summed E-state index contributed by atoms with van der Waals surface area (Å²) in [6.45, 7) is 3.58. The van der Waals surface area contributed by atoms with E-state index >= 15 is 0 Å². The van der Waals surface area contributed by atoms with Crippen LogP contribution in [0.2, 0.25) is 0 Å². The maximum Gasteiger partial charge on any atom is 0.394 e. The van der Waals surface area contributed by atoms with E-state index in [0.29, 0.717) is 0 Å². The Bertz CT molecular complexity index is 193. The van der Waals surface area contributed by atoms with Crippen molar-refractivity contribution in [3.8, 4) is 0 Å². The second-order valence-corrected chi connectivity index (χ2v) is 2.61. The van der Waals surface area contributed by atoms with Crippen LogP contribution < -0.4 is 5.32 Å². The number of rotatable bonds is 0. The summed E-state index contributed by atoms with van der Waals surface area (Å²) in [5.41, 5.74) is 0. The van der Waals surface area contributed by atoms with Crippen LogP contribution in [0.15, 0.2) is 0 Å². The lowest BCUT2D eigenvalue weighted by atomic mass is 10.9. The number of carbonyl (C=O) groups is 1. The van der Waals surface area contributed by atoms with Crippen molar-refractivity contribution in [2.45, 2.75) is 6.92 Å². The minimum absolute atomic E-state index is 0.833. The van der Waals surface area contributed by atoms with Gasteiger partial charge in [-0.15, -0.1) is 0 Å². The Morgan fingerprint density at radius 3 is 1.42 bits per heavy atom. The van der Waals surface area contributed by atoms with Crippen LogP contribution in [0.3, 0.4) is 0 Å². The first-order valence-electron chi connectivity index (χ1n) is 2.83. The Balaban J connectivity index is 0. The summed E-state index contributed by atoms with van der Waals surface area (Å²) in [5.74, 6) is -0.833. The first-order valence-corrected chi connectivity index (χ1v) is 4.23. The summed E-state index contributed by atoms with van der Waals surface area (Å²) < 4.78 is 31.6. The van der Waals surface area contributed by atoms with Crippen molar-refractivity contribution in [1.29, 1.82) is 0 Å². The molecule has 1 aliphatic rings. The van der Waals surface area contributed by atoms with Crippen molar-refractivity contribution in [3.63, 3.8) is 0 Å². The molecule has 74 valence electrons. The third-order valence-corrected chi connectivity index (χ3v) is 0.250. The lowest BCUT2D eigenvalue weighted by Gasteiger charge is -1.68. The molecule has 1 fully saturated rings. The van der Waals surface area contributed by atoms with Crippen LogP contribution in [0, 0.1) is 0 Å². The van der Waals surface area contributed by atoms with Gasteiger partial charge in [-0.2, -0.15) is 8.42 Å². The molecule has 0 unspecified atom stereocenters. The highest BCUT2D eigenvalue weighted by molar-refractivity contribution is 7.79. The molecule has 12 heavy (non-hydrogen) atoms. The van der Waals surface area contributed by atoms with Crippen molar-refractivity contribution >= 4 is 16.4 Å². The lowest BCUT2D eigenvalue weighted by Crippen LogP contribution is -1.89. The molecule has 1 saturated heterocycles. The fourth-order valence-corrected chi connectivity index (χ4v) is 0. The SMILES string of the molecule is C1CN1.CC(=O)O.O=S(=O)(O)O. The van der Waals surface area contributed by atoms with Crippen LogP contribution in [0.5, 0.6) is 0 Å². The highest BCUT2D eigenvalue weighted by Crippen LogP contribution is 1.65. The summed E-state index contributed by atoms with van der Waals surface area (Å²) in [6, 6.07) is 0. The van der Waals surface area contributed by atoms with Crippen LogP contribution in [0.25, 0.3) is 0 Å². The van der Waals surface area contributed by atoms with E-state index in [1.54, 1.807) is 0 Å². The van der Waals surface area contributed by atoms with Crippen molar-refractivity contribution < 1.29 is 27.4 Å². The second-order valence-electron chi connectivity index (χ2n) is 1.72. The number of hydrogen-bond donors (Lipinski definition) is 4. The third-order valence-electron chi connectivity index (χ3n) is 0.250. The molecule has 0 amide bonds. The molecule has 0 spiro atoms. The van der Waals surface area contributed by atoms with Gasteiger partial charge in [0.1, 0.15) is 0 Å². The molecule has 0 radical (unpaired) electrons. The van der Waals surface area contributed by atoms with E-state index in [2.05, 4.69) is 5.32 Å². The molecule has 4 N–H and O–H groups in total. The van der Waals surface area contributed by atoms with Gasteiger partial charge in [-0.1, -0.05) is 0 Å². The average Bonchev–Trinajstić information content (AvgIpc) is 2.31. The van der Waals surface area contributed by atoms with E-state index in [0.717, 1.165) is 6.92 Å². The van der Waals surface area contributed by atoms with Gasteiger partial charge >= 0.3 is 10.4 Å². The molecular weight excluding hydrogens is 190 g/mol. The fourth-order valence-electron chi connectivity index (χ4n) is 0. The van der Waals surface area contributed by atoms with Gasteiger partial charge in [0, 0.05) is 20.0 Å². The van der Waals surface area contributed by atoms with Crippen LogP contribution in [0.4, 0.5) is 0 Å². The monoisotopic (exact) mass is 201 g/mol. The predicted molar refractivity (Wildman–Crippen MR) is 40.4 cm³/mol. The number of nitrogens with one attached hydrogen (secondary N) is 1. The van der Waals surface area contributed by atoms with Gasteiger partial charge in [0.05, 0.1) is 0 Å². The molecule has 1 heterocycles. The zero-order chi connectivity index (χ0) is 10.2. The van der Waals surface area contributed by atoms with E-state index in [9.17, 15) is 0 Å². The summed E-state index contributed by atoms with van der Waals surface area (Å²) >= 11 is 0. The van der Waals surface area contributed by atoms with Gasteiger partial charge in [-0.25, -0.2) is 0 Å². The van der Waals surface area contributed by atoms with E-state index in [-0.39, 0.29) is 0 Å². The van der Waals surface area contributed by atoms with Crippen molar-refractivity contribution in [1.82, 2.24) is 5.32 Å². The van der Waals surface area contributed by atoms with Crippen molar-refractivity contribution in [2.24, 2.45) is 0 Å². The van der Waals surface area contributed by atoms with Crippen LogP contribution in [0.1, 0.15) is 6.92 Å². The third kappa shape index (κ3) is 7120. The van der Waals surface area contributed by atoms with Crippen LogP contribution >= 0.6 is 0 Å². The van der Waals surface area contributed by atoms with Gasteiger partial charge in [-0.3, -0.25) is 13.9 Å². The van der Waals surface area contributed by atoms with E-state index in [1.165, 1.54) is 13.1 Å². The van der Waals surface area contributed by atoms with E-state index in [1.807, 2.05) is 0 Å². The highest BCUT2D eigenvalue weighted by atomic mass is 32.3. The minimum atomic E-state index is -4.67. The van der Waals surface area contributed by atoms with Crippen molar-refractivity contribution in [2.75, 3.05) is 13.1 Å². The molecule has 0 bridgehead atoms. The summed E-state index contributed by atoms with van der Waals surface area (Å²) in [6.07, 6.45) is 0. The van der Waals surface area contributed by atoms with Gasteiger partial charge in [0.25, 0.3) is 5.97 Å². The summed E-state index contributed by atoms with van der Waals surface area (Å²) in [7, 11) is -4.67. The smallest absolute Gasteiger partial charge is 0.394 e. The highest BCUT2D eigenvalue weighted by Gasteiger charge is 1.91. The Morgan fingerprint density at radius 2 is 1.42 bits per heavy atom. The molecule has 8 heteroatoms. The molecule has 1 rings (SSSR count). The minimum Gasteiger partial charge on any atom is -0.481 e. The molecular formula is C4H11NO6S. The first kappa shape index (κ1) is 13.9. The molecule has 0 aromatic heterocycles. The number of hydrogen-bond acceptors (Lipinski definition) is 4. The molecule has 1 aliphatic heterocycles. The summed E-state index contributed by atoms with van der Waals surface area (Å²) in [4.78, 5) is 9.00. The summed E-state index contributed by atoms with van der Waals surface area (Å²) in [5, 5.41) is 10.4. The molecule has 7 nitrogen and oxygen atoms in total. The number of carboxylic acid groups (broad SMARTS) is 1. The topological polar surface area (TPSA) is 134 Å². The second kappa shape index (κ2) is 6.98. The lowest BCUT2D eigenvalue weighted by molar-refractivity contribution is -0.134. The van der Waals surface area contributed by atoms with Gasteiger partial charge in [0.2, 0.25) is 0 Å².